The molecule has 4 N–H and O–H groups in total. The van der Waals surface area contributed by atoms with Gasteiger partial charge in [-0.2, -0.15) is 0 Å². The van der Waals surface area contributed by atoms with Crippen LogP contribution in [0.25, 0.3) is 0 Å². The first-order chi connectivity index (χ1) is 16.4. The van der Waals surface area contributed by atoms with Crippen LogP contribution in [0.15, 0.2) is 18.2 Å². The Balaban J connectivity index is 2.16. The second-order valence-corrected chi connectivity index (χ2v) is 9.25. The summed E-state index contributed by atoms with van der Waals surface area (Å²) in [6, 6.07) is 4.31. The van der Waals surface area contributed by atoms with Gasteiger partial charge in [0.2, 0.25) is 5.91 Å². The molecule has 2 rings (SSSR count). The third-order valence-electron chi connectivity index (χ3n) is 5.08. The van der Waals surface area contributed by atoms with Crippen molar-refractivity contribution >= 4 is 60.0 Å². The molecule has 0 spiro atoms. The maximum Gasteiger partial charge on any atom is 0.552 e. The van der Waals surface area contributed by atoms with E-state index in [2.05, 4.69) is 16.0 Å². The summed E-state index contributed by atoms with van der Waals surface area (Å²) in [6.45, 7) is 3.23. The molecule has 1 aromatic carbocycles. The fourth-order valence-corrected chi connectivity index (χ4v) is 3.95. The number of aliphatic carboxylic acids is 1. The number of likely N-dealkylation sites (N-methyl/N-ethyl adjacent to an activating group) is 1. The van der Waals surface area contributed by atoms with Gasteiger partial charge in [-0.1, -0.05) is 37.0 Å². The van der Waals surface area contributed by atoms with Crippen molar-refractivity contribution in [2.24, 2.45) is 5.92 Å². The van der Waals surface area contributed by atoms with Crippen LogP contribution in [0.4, 0.5) is 0 Å². The molecule has 2 atom stereocenters. The van der Waals surface area contributed by atoms with Crippen LogP contribution < -0.4 is 16.0 Å². The third kappa shape index (κ3) is 7.84. The number of amides is 3. The number of carbonyl (C=O) groups excluding carboxylic acids is 4. The van der Waals surface area contributed by atoms with E-state index >= 15 is 0 Å². The number of nitrogens with one attached hydrogen (secondary N) is 3. The van der Waals surface area contributed by atoms with Crippen molar-refractivity contribution in [3.63, 3.8) is 0 Å². The van der Waals surface area contributed by atoms with Crippen LogP contribution in [0.1, 0.15) is 43.5 Å². The lowest BCUT2D eigenvalue weighted by molar-refractivity contribution is -0.164. The number of carbonyl (C=O) groups is 5. The number of carboxylic acids is 1. The number of hydrogen-bond acceptors (Lipinski definition) is 7. The maximum atomic E-state index is 12.6. The second-order valence-electron chi connectivity index (χ2n) is 8.41. The van der Waals surface area contributed by atoms with Crippen LogP contribution in [0.5, 0.6) is 0 Å². The quantitative estimate of drug-likeness (QED) is 0.329. The first-order valence-electron chi connectivity index (χ1n) is 10.7. The van der Waals surface area contributed by atoms with Crippen LogP contribution >= 0.6 is 23.2 Å². The summed E-state index contributed by atoms with van der Waals surface area (Å²) in [5.41, 5.74) is -1.92. The molecule has 1 unspecified atom stereocenters. The zero-order chi connectivity index (χ0) is 26.3. The summed E-state index contributed by atoms with van der Waals surface area (Å²) in [7, 11) is -0.149. The highest BCUT2D eigenvalue weighted by Crippen LogP contribution is 2.30. The van der Waals surface area contributed by atoms with Crippen molar-refractivity contribution < 1.29 is 38.4 Å². The van der Waals surface area contributed by atoms with Gasteiger partial charge in [-0.15, -0.1) is 0 Å². The second kappa shape index (κ2) is 12.2. The summed E-state index contributed by atoms with van der Waals surface area (Å²) in [5.74, 6) is -5.23. The molecule has 0 saturated carbocycles. The molecular formula is C21H26BCl2N3O8. The van der Waals surface area contributed by atoms with Crippen LogP contribution in [-0.4, -0.2) is 67.0 Å². The summed E-state index contributed by atoms with van der Waals surface area (Å²) in [6.07, 6.45) is -1.13. The molecule has 1 aliphatic rings. The van der Waals surface area contributed by atoms with Gasteiger partial charge in [-0.05, 0) is 30.5 Å². The molecule has 1 fully saturated rings. The van der Waals surface area contributed by atoms with Crippen molar-refractivity contribution in [1.29, 1.82) is 0 Å². The van der Waals surface area contributed by atoms with Crippen molar-refractivity contribution in [1.82, 2.24) is 16.0 Å². The number of benzene rings is 1. The molecule has 190 valence electrons. The van der Waals surface area contributed by atoms with Crippen molar-refractivity contribution in [2.75, 3.05) is 13.6 Å². The highest BCUT2D eigenvalue weighted by atomic mass is 35.5. The van der Waals surface area contributed by atoms with Crippen LogP contribution in [0.3, 0.4) is 0 Å². The van der Waals surface area contributed by atoms with Crippen LogP contribution in [-0.2, 0) is 28.5 Å². The Morgan fingerprint density at radius 1 is 1.23 bits per heavy atom. The average molecular weight is 530 g/mol. The van der Waals surface area contributed by atoms with E-state index in [1.165, 1.54) is 25.2 Å². The van der Waals surface area contributed by atoms with E-state index in [1.54, 1.807) is 0 Å². The van der Waals surface area contributed by atoms with Gasteiger partial charge in [0.15, 0.2) is 5.60 Å². The molecule has 11 nitrogen and oxygen atoms in total. The number of rotatable bonds is 10. The van der Waals surface area contributed by atoms with Gasteiger partial charge in [0.25, 0.3) is 17.8 Å². The minimum Gasteiger partial charge on any atom is -0.508 e. The SMILES string of the molecule is CNC(=O)C1(CC(=O)O)CC(=O)OB([C@H](CC(C)C)NC(=O)CNC(=O)c2cc(Cl)ccc2Cl)O1. The Kier molecular flexibility index (Phi) is 9.93. The monoisotopic (exact) mass is 529 g/mol. The van der Waals surface area contributed by atoms with Crippen molar-refractivity contribution in [3.05, 3.63) is 33.8 Å². The summed E-state index contributed by atoms with van der Waals surface area (Å²) >= 11 is 11.9. The average Bonchev–Trinajstić information content (AvgIpc) is 2.76. The fraction of sp³-hybridized carbons (Fsp3) is 0.476. The molecular weight excluding hydrogens is 504 g/mol. The van der Waals surface area contributed by atoms with Gasteiger partial charge in [0.1, 0.15) is 0 Å². The highest BCUT2D eigenvalue weighted by Gasteiger charge is 2.54. The molecule has 1 aromatic rings. The van der Waals surface area contributed by atoms with E-state index in [0.717, 1.165) is 0 Å². The van der Waals surface area contributed by atoms with E-state index in [-0.39, 0.29) is 22.9 Å². The number of carboxylic acid groups (broad SMARTS) is 1. The molecule has 0 radical (unpaired) electrons. The normalized spacial score (nSPS) is 18.5. The molecule has 0 bridgehead atoms. The molecule has 1 aliphatic heterocycles. The number of halogens is 2. The lowest BCUT2D eigenvalue weighted by Crippen LogP contribution is -2.63. The van der Waals surface area contributed by atoms with E-state index in [4.69, 9.17) is 32.5 Å². The van der Waals surface area contributed by atoms with E-state index in [1.807, 2.05) is 13.8 Å². The Morgan fingerprint density at radius 3 is 2.51 bits per heavy atom. The molecule has 0 aromatic heterocycles. The zero-order valence-electron chi connectivity index (χ0n) is 19.4. The largest absolute Gasteiger partial charge is 0.552 e. The maximum absolute atomic E-state index is 12.6. The minimum absolute atomic E-state index is 0.0155. The molecule has 1 saturated heterocycles. The third-order valence-corrected chi connectivity index (χ3v) is 5.64. The van der Waals surface area contributed by atoms with Crippen LogP contribution in [0.2, 0.25) is 10.0 Å². The Labute approximate surface area is 212 Å². The van der Waals surface area contributed by atoms with Gasteiger partial charge in [0, 0.05) is 12.1 Å². The lowest BCUT2D eigenvalue weighted by atomic mass is 9.70. The van der Waals surface area contributed by atoms with E-state index in [9.17, 15) is 29.1 Å². The highest BCUT2D eigenvalue weighted by molar-refractivity contribution is 6.50. The lowest BCUT2D eigenvalue weighted by Gasteiger charge is -2.39. The van der Waals surface area contributed by atoms with Crippen molar-refractivity contribution in [2.45, 2.75) is 44.7 Å². The minimum atomic E-state index is -2.00. The predicted octanol–water partition coefficient (Wildman–Crippen LogP) is 1.20. The summed E-state index contributed by atoms with van der Waals surface area (Å²) in [5, 5.41) is 17.1. The van der Waals surface area contributed by atoms with Gasteiger partial charge >= 0.3 is 13.1 Å². The fourth-order valence-electron chi connectivity index (χ4n) is 3.58. The van der Waals surface area contributed by atoms with E-state index in [0.29, 0.717) is 5.02 Å². The Morgan fingerprint density at radius 2 is 1.91 bits per heavy atom. The molecule has 14 heteroatoms. The first kappa shape index (κ1) is 28.4. The van der Waals surface area contributed by atoms with E-state index < -0.39 is 67.7 Å². The predicted molar refractivity (Wildman–Crippen MR) is 127 cm³/mol. The van der Waals surface area contributed by atoms with Gasteiger partial charge in [-0.25, -0.2) is 0 Å². The molecule has 3 amide bonds. The number of hydrogen-bond donors (Lipinski definition) is 4. The van der Waals surface area contributed by atoms with Gasteiger partial charge < -0.3 is 30.4 Å². The van der Waals surface area contributed by atoms with Gasteiger partial charge in [-0.3, -0.25) is 24.0 Å². The summed E-state index contributed by atoms with van der Waals surface area (Å²) in [4.78, 5) is 61.2. The summed E-state index contributed by atoms with van der Waals surface area (Å²) < 4.78 is 11.0. The Hall–Kier alpha value is -2.83. The molecule has 0 aliphatic carbocycles. The standard InChI is InChI=1S/C21H26BCl2N3O8/c1-11(2)6-15(22-34-18(31)9-21(35-22,8-17(29)30)20(33)25-3)27-16(28)10-26-19(32)13-7-12(23)4-5-14(13)24/h4-5,7,11,15H,6,8-10H2,1-3H3,(H,25,33)(H,26,32)(H,27,28)(H,29,30)/t15-,21?/m0/s1. The molecule has 1 heterocycles. The van der Waals surface area contributed by atoms with Crippen molar-refractivity contribution in [3.8, 4) is 0 Å². The first-order valence-corrected chi connectivity index (χ1v) is 11.5. The van der Waals surface area contributed by atoms with Crippen LogP contribution in [0, 0.1) is 5.92 Å². The zero-order valence-corrected chi connectivity index (χ0v) is 20.9. The smallest absolute Gasteiger partial charge is 0.508 e. The molecule has 35 heavy (non-hydrogen) atoms. The van der Waals surface area contributed by atoms with Gasteiger partial charge in [0.05, 0.1) is 35.9 Å². The Bertz CT molecular complexity index is 1000. The topological polar surface area (TPSA) is 160 Å².